The van der Waals surface area contributed by atoms with E-state index in [1.54, 1.807) is 18.8 Å². The smallest absolute Gasteiger partial charge is 0.257 e. The van der Waals surface area contributed by atoms with E-state index in [1.807, 2.05) is 0 Å². The summed E-state index contributed by atoms with van der Waals surface area (Å²) in [6.07, 6.45) is 7.31. The standard InChI is InChI=1S/C23H45N3O2S/c1-16(2)10-9-11-17(3)18(4)12-13-19(5)20(6)14-29-15-22(25-21(7)27)23(28)26-24-8/h10,17-20,22,24H,9,11-15H2,1-8H3,(H,25,27)(H,26,28)/t17?,18?,19?,20?,22-/m0/s1. The van der Waals surface area contributed by atoms with Crippen LogP contribution in [-0.4, -0.2) is 36.4 Å². The van der Waals surface area contributed by atoms with E-state index in [1.165, 1.54) is 38.2 Å². The van der Waals surface area contributed by atoms with Crippen molar-refractivity contribution in [2.24, 2.45) is 23.7 Å². The second-order valence-corrected chi connectivity index (χ2v) is 9.95. The Hall–Kier alpha value is -1.01. The molecular formula is C23H45N3O2S. The molecule has 0 heterocycles. The van der Waals surface area contributed by atoms with Gasteiger partial charge >= 0.3 is 0 Å². The van der Waals surface area contributed by atoms with Gasteiger partial charge in [-0.25, -0.2) is 5.43 Å². The molecule has 2 amide bonds. The zero-order valence-corrected chi connectivity index (χ0v) is 20.7. The lowest BCUT2D eigenvalue weighted by atomic mass is 9.83. The third kappa shape index (κ3) is 13.8. The third-order valence-electron chi connectivity index (χ3n) is 5.80. The number of hydrogen-bond acceptors (Lipinski definition) is 4. The van der Waals surface area contributed by atoms with E-state index in [4.69, 9.17) is 0 Å². The highest BCUT2D eigenvalue weighted by Gasteiger charge is 2.21. The lowest BCUT2D eigenvalue weighted by Crippen LogP contribution is -2.50. The molecule has 6 heteroatoms. The lowest BCUT2D eigenvalue weighted by molar-refractivity contribution is -0.128. The second-order valence-electron chi connectivity index (χ2n) is 8.88. The molecule has 0 aliphatic carbocycles. The SMILES string of the molecule is CNNC(=O)[C@H](CSCC(C)C(C)CCC(C)C(C)CCC=C(C)C)NC(C)=O. The van der Waals surface area contributed by atoms with Crippen molar-refractivity contribution in [3.05, 3.63) is 11.6 Å². The van der Waals surface area contributed by atoms with E-state index >= 15 is 0 Å². The summed E-state index contributed by atoms with van der Waals surface area (Å²) >= 11 is 1.74. The summed E-state index contributed by atoms with van der Waals surface area (Å²) in [5.41, 5.74) is 6.60. The van der Waals surface area contributed by atoms with Crippen molar-refractivity contribution in [3.8, 4) is 0 Å². The Balaban J connectivity index is 4.28. The maximum atomic E-state index is 12.0. The van der Waals surface area contributed by atoms with Crippen LogP contribution < -0.4 is 16.2 Å². The number of hydrogen-bond donors (Lipinski definition) is 3. The first-order chi connectivity index (χ1) is 13.6. The van der Waals surface area contributed by atoms with Gasteiger partial charge in [-0.05, 0) is 56.1 Å². The summed E-state index contributed by atoms with van der Waals surface area (Å²) < 4.78 is 0. The fraction of sp³-hybridized carbons (Fsp3) is 0.826. The Kier molecular flexibility index (Phi) is 15.2. The number of amides is 2. The Morgan fingerprint density at radius 1 is 0.862 bits per heavy atom. The zero-order chi connectivity index (χ0) is 22.4. The van der Waals surface area contributed by atoms with Crippen LogP contribution in [0.5, 0.6) is 0 Å². The minimum absolute atomic E-state index is 0.184. The number of nitrogens with one attached hydrogen (secondary N) is 3. The van der Waals surface area contributed by atoms with Crippen LogP contribution in [0.2, 0.25) is 0 Å². The number of carbonyl (C=O) groups is 2. The van der Waals surface area contributed by atoms with Gasteiger partial charge in [-0.15, -0.1) is 0 Å². The van der Waals surface area contributed by atoms with Gasteiger partial charge in [0, 0.05) is 19.7 Å². The minimum atomic E-state index is -0.505. The Bertz CT molecular complexity index is 506. The summed E-state index contributed by atoms with van der Waals surface area (Å²) in [4.78, 5) is 23.4. The van der Waals surface area contributed by atoms with E-state index in [2.05, 4.69) is 63.8 Å². The molecule has 5 nitrogen and oxygen atoms in total. The van der Waals surface area contributed by atoms with Gasteiger partial charge in [0.15, 0.2) is 0 Å². The lowest BCUT2D eigenvalue weighted by Gasteiger charge is -2.25. The van der Waals surface area contributed by atoms with Gasteiger partial charge in [0.25, 0.3) is 5.91 Å². The van der Waals surface area contributed by atoms with Crippen molar-refractivity contribution >= 4 is 23.6 Å². The summed E-state index contributed by atoms with van der Waals surface area (Å²) in [5.74, 6) is 3.93. The normalized spacial score (nSPS) is 16.3. The molecule has 0 aliphatic heterocycles. The molecule has 0 radical (unpaired) electrons. The number of allylic oxidation sites excluding steroid dienone is 2. The predicted molar refractivity (Wildman–Crippen MR) is 127 cm³/mol. The van der Waals surface area contributed by atoms with Gasteiger partial charge in [-0.2, -0.15) is 11.8 Å². The van der Waals surface area contributed by atoms with E-state index in [0.717, 1.165) is 17.6 Å². The molecule has 0 aromatic carbocycles. The molecule has 0 aromatic heterocycles. The van der Waals surface area contributed by atoms with Gasteiger partial charge in [-0.1, -0.05) is 52.2 Å². The van der Waals surface area contributed by atoms with Crippen LogP contribution in [0.4, 0.5) is 0 Å². The fourth-order valence-electron chi connectivity index (χ4n) is 3.19. The highest BCUT2D eigenvalue weighted by Crippen LogP contribution is 2.27. The Morgan fingerprint density at radius 2 is 1.41 bits per heavy atom. The monoisotopic (exact) mass is 427 g/mol. The molecule has 3 N–H and O–H groups in total. The van der Waals surface area contributed by atoms with Crippen molar-refractivity contribution in [2.45, 2.75) is 80.2 Å². The van der Waals surface area contributed by atoms with Crippen LogP contribution in [0.25, 0.3) is 0 Å². The summed E-state index contributed by atoms with van der Waals surface area (Å²) in [5, 5.41) is 2.73. The number of hydrazine groups is 1. The number of thioether (sulfide) groups is 1. The van der Waals surface area contributed by atoms with Crippen LogP contribution in [0.15, 0.2) is 11.6 Å². The van der Waals surface area contributed by atoms with Gasteiger partial charge in [0.05, 0.1) is 0 Å². The van der Waals surface area contributed by atoms with Crippen LogP contribution >= 0.6 is 11.8 Å². The quantitative estimate of drug-likeness (QED) is 0.265. The van der Waals surface area contributed by atoms with Gasteiger partial charge in [0.2, 0.25) is 5.91 Å². The second kappa shape index (κ2) is 15.8. The highest BCUT2D eigenvalue weighted by molar-refractivity contribution is 7.99. The maximum Gasteiger partial charge on any atom is 0.257 e. The zero-order valence-electron chi connectivity index (χ0n) is 19.9. The van der Waals surface area contributed by atoms with E-state index in [-0.39, 0.29) is 11.8 Å². The molecule has 0 aliphatic rings. The molecule has 170 valence electrons. The van der Waals surface area contributed by atoms with Crippen molar-refractivity contribution in [1.82, 2.24) is 16.2 Å². The molecule has 5 atom stereocenters. The van der Waals surface area contributed by atoms with Crippen molar-refractivity contribution in [1.29, 1.82) is 0 Å². The van der Waals surface area contributed by atoms with Crippen LogP contribution in [0.1, 0.15) is 74.1 Å². The number of rotatable bonds is 15. The molecule has 0 saturated heterocycles. The largest absolute Gasteiger partial charge is 0.344 e. The predicted octanol–water partition coefficient (Wildman–Crippen LogP) is 4.55. The third-order valence-corrected chi connectivity index (χ3v) is 7.13. The topological polar surface area (TPSA) is 70.2 Å². The highest BCUT2D eigenvalue weighted by atomic mass is 32.2. The molecule has 0 fully saturated rings. The van der Waals surface area contributed by atoms with Crippen LogP contribution in [-0.2, 0) is 9.59 Å². The van der Waals surface area contributed by atoms with Gasteiger partial charge < -0.3 is 5.32 Å². The van der Waals surface area contributed by atoms with Crippen LogP contribution in [0.3, 0.4) is 0 Å². The van der Waals surface area contributed by atoms with Gasteiger partial charge in [0.1, 0.15) is 6.04 Å². The average Bonchev–Trinajstić information content (AvgIpc) is 2.64. The molecule has 0 aromatic rings. The first kappa shape index (κ1) is 28.0. The van der Waals surface area contributed by atoms with Crippen molar-refractivity contribution < 1.29 is 9.59 Å². The van der Waals surface area contributed by atoms with Crippen LogP contribution in [0, 0.1) is 23.7 Å². The Labute approximate surface area is 183 Å². The molecule has 4 unspecified atom stereocenters. The van der Waals surface area contributed by atoms with E-state index in [9.17, 15) is 9.59 Å². The first-order valence-electron chi connectivity index (χ1n) is 11.0. The molecule has 29 heavy (non-hydrogen) atoms. The summed E-state index contributed by atoms with van der Waals surface area (Å²) in [7, 11) is 1.64. The molecule has 0 bridgehead atoms. The van der Waals surface area contributed by atoms with E-state index < -0.39 is 6.04 Å². The fourth-order valence-corrected chi connectivity index (χ4v) is 4.50. The summed E-state index contributed by atoms with van der Waals surface area (Å²) in [6, 6.07) is -0.505. The Morgan fingerprint density at radius 3 is 1.93 bits per heavy atom. The molecule has 0 rings (SSSR count). The summed E-state index contributed by atoms with van der Waals surface area (Å²) in [6.45, 7) is 15.2. The number of carbonyl (C=O) groups excluding carboxylic acids is 2. The average molecular weight is 428 g/mol. The molecule has 0 spiro atoms. The molecule has 0 saturated carbocycles. The van der Waals surface area contributed by atoms with Gasteiger partial charge in [-0.3, -0.25) is 15.0 Å². The first-order valence-corrected chi connectivity index (χ1v) is 12.2. The minimum Gasteiger partial charge on any atom is -0.344 e. The van der Waals surface area contributed by atoms with Crippen molar-refractivity contribution in [3.63, 3.8) is 0 Å². The van der Waals surface area contributed by atoms with Crippen molar-refractivity contribution in [2.75, 3.05) is 18.6 Å². The van der Waals surface area contributed by atoms with E-state index in [0.29, 0.717) is 17.6 Å². The molecular weight excluding hydrogens is 382 g/mol. The maximum absolute atomic E-state index is 12.0.